The van der Waals surface area contributed by atoms with Crippen molar-refractivity contribution in [3.63, 3.8) is 0 Å². The zero-order valence-corrected chi connectivity index (χ0v) is 10.5. The van der Waals surface area contributed by atoms with Crippen LogP contribution < -0.4 is 5.01 Å². The smallest absolute Gasteiger partial charge is 0.214 e. The van der Waals surface area contributed by atoms with Crippen molar-refractivity contribution in [1.82, 2.24) is 14.9 Å². The number of rotatable bonds is 2. The van der Waals surface area contributed by atoms with Crippen LogP contribution in [-0.4, -0.2) is 32.1 Å². The first-order chi connectivity index (χ1) is 7.65. The standard InChI is InChI=1S/C10H18N4OS/c1-7-4-3-5-8(2)13(7)14-9(6-15)11-12-10(14)16/h7-8,15H,3-6H2,1-2H3,(H,12,16). The van der Waals surface area contributed by atoms with Gasteiger partial charge in [0.1, 0.15) is 6.61 Å². The van der Waals surface area contributed by atoms with Gasteiger partial charge in [-0.05, 0) is 45.3 Å². The zero-order valence-electron chi connectivity index (χ0n) is 9.68. The Hall–Kier alpha value is -0.880. The Balaban J connectivity index is 2.40. The van der Waals surface area contributed by atoms with E-state index < -0.39 is 0 Å². The van der Waals surface area contributed by atoms with Crippen molar-refractivity contribution in [2.75, 3.05) is 5.01 Å². The Morgan fingerprint density at radius 1 is 1.44 bits per heavy atom. The number of hydrogen-bond acceptors (Lipinski definition) is 4. The lowest BCUT2D eigenvalue weighted by atomic mass is 10.00. The van der Waals surface area contributed by atoms with Gasteiger partial charge in [0.15, 0.2) is 5.82 Å². The number of aromatic amines is 1. The highest BCUT2D eigenvalue weighted by Crippen LogP contribution is 2.22. The van der Waals surface area contributed by atoms with Gasteiger partial charge in [0.2, 0.25) is 4.77 Å². The van der Waals surface area contributed by atoms with Crippen LogP contribution in [0.4, 0.5) is 0 Å². The number of aliphatic hydroxyl groups excluding tert-OH is 1. The Morgan fingerprint density at radius 2 is 2.06 bits per heavy atom. The fraction of sp³-hybridized carbons (Fsp3) is 0.800. The van der Waals surface area contributed by atoms with Gasteiger partial charge in [-0.1, -0.05) is 0 Å². The Kier molecular flexibility index (Phi) is 3.30. The lowest BCUT2D eigenvalue weighted by Gasteiger charge is -2.41. The molecule has 0 spiro atoms. The average molecular weight is 242 g/mol. The summed E-state index contributed by atoms with van der Waals surface area (Å²) >= 11 is 5.22. The molecule has 1 aliphatic heterocycles. The molecule has 1 fully saturated rings. The van der Waals surface area contributed by atoms with E-state index in [1.807, 2.05) is 4.68 Å². The molecule has 1 aromatic rings. The Labute approximate surface area is 100 Å². The number of nitrogens with zero attached hydrogens (tertiary/aromatic N) is 3. The van der Waals surface area contributed by atoms with Crippen molar-refractivity contribution >= 4 is 12.2 Å². The first-order valence-electron chi connectivity index (χ1n) is 5.71. The summed E-state index contributed by atoms with van der Waals surface area (Å²) in [4.78, 5) is 0. The molecule has 0 aromatic carbocycles. The number of aliphatic hydroxyl groups is 1. The molecule has 2 N–H and O–H groups in total. The quantitative estimate of drug-likeness (QED) is 0.768. The van der Waals surface area contributed by atoms with E-state index in [2.05, 4.69) is 29.1 Å². The Morgan fingerprint density at radius 3 is 2.62 bits per heavy atom. The summed E-state index contributed by atoms with van der Waals surface area (Å²) in [5, 5.41) is 18.3. The molecular formula is C10H18N4OS. The molecule has 0 aliphatic carbocycles. The van der Waals surface area contributed by atoms with Crippen LogP contribution in [0.1, 0.15) is 38.9 Å². The van der Waals surface area contributed by atoms with Crippen molar-refractivity contribution < 1.29 is 5.11 Å². The topological polar surface area (TPSA) is 57.1 Å². The van der Waals surface area contributed by atoms with E-state index in [0.717, 1.165) is 12.8 Å². The van der Waals surface area contributed by atoms with Gasteiger partial charge < -0.3 is 10.1 Å². The van der Waals surface area contributed by atoms with E-state index in [4.69, 9.17) is 12.2 Å². The number of nitrogens with one attached hydrogen (secondary N) is 1. The summed E-state index contributed by atoms with van der Waals surface area (Å²) in [5.41, 5.74) is 0. The molecule has 2 unspecified atom stereocenters. The van der Waals surface area contributed by atoms with E-state index in [1.165, 1.54) is 6.42 Å². The highest BCUT2D eigenvalue weighted by molar-refractivity contribution is 7.71. The van der Waals surface area contributed by atoms with E-state index in [-0.39, 0.29) is 6.61 Å². The van der Waals surface area contributed by atoms with Gasteiger partial charge in [0, 0.05) is 12.1 Å². The van der Waals surface area contributed by atoms with Crippen LogP contribution >= 0.6 is 12.2 Å². The fourth-order valence-corrected chi connectivity index (χ4v) is 2.71. The van der Waals surface area contributed by atoms with Gasteiger partial charge in [-0.15, -0.1) is 0 Å². The second kappa shape index (κ2) is 4.55. The monoisotopic (exact) mass is 242 g/mol. The van der Waals surface area contributed by atoms with Crippen LogP contribution in [0.25, 0.3) is 0 Å². The minimum Gasteiger partial charge on any atom is -0.388 e. The van der Waals surface area contributed by atoms with Gasteiger partial charge in [-0.3, -0.25) is 5.10 Å². The second-order valence-corrected chi connectivity index (χ2v) is 4.81. The van der Waals surface area contributed by atoms with Gasteiger partial charge in [-0.25, -0.2) is 4.68 Å². The van der Waals surface area contributed by atoms with Crippen LogP contribution in [0.15, 0.2) is 0 Å². The molecule has 2 atom stereocenters. The summed E-state index contributed by atoms with van der Waals surface area (Å²) in [6.07, 6.45) is 3.56. The maximum atomic E-state index is 9.26. The average Bonchev–Trinajstić information content (AvgIpc) is 2.60. The third-order valence-electron chi connectivity index (χ3n) is 3.24. The van der Waals surface area contributed by atoms with Crippen molar-refractivity contribution in [2.24, 2.45) is 0 Å². The molecule has 1 saturated heterocycles. The summed E-state index contributed by atoms with van der Waals surface area (Å²) in [7, 11) is 0. The molecule has 2 rings (SSSR count). The van der Waals surface area contributed by atoms with Crippen LogP contribution in [0.2, 0.25) is 0 Å². The lowest BCUT2D eigenvalue weighted by Crippen LogP contribution is -2.51. The maximum Gasteiger partial charge on any atom is 0.214 e. The molecule has 0 amide bonds. The molecule has 5 nitrogen and oxygen atoms in total. The molecule has 1 aromatic heterocycles. The lowest BCUT2D eigenvalue weighted by molar-refractivity contribution is 0.251. The van der Waals surface area contributed by atoms with Crippen LogP contribution in [0, 0.1) is 4.77 Å². The van der Waals surface area contributed by atoms with Gasteiger partial charge >= 0.3 is 0 Å². The first kappa shape index (κ1) is 11.6. The molecular weight excluding hydrogens is 224 g/mol. The van der Waals surface area contributed by atoms with Crippen molar-refractivity contribution in [2.45, 2.75) is 51.8 Å². The predicted octanol–water partition coefficient (Wildman–Crippen LogP) is 1.33. The summed E-state index contributed by atoms with van der Waals surface area (Å²) in [5.74, 6) is 0.589. The molecule has 16 heavy (non-hydrogen) atoms. The highest BCUT2D eigenvalue weighted by Gasteiger charge is 2.27. The third-order valence-corrected chi connectivity index (χ3v) is 3.50. The normalized spacial score (nSPS) is 26.1. The van der Waals surface area contributed by atoms with Gasteiger partial charge in [0.05, 0.1) is 0 Å². The van der Waals surface area contributed by atoms with Crippen molar-refractivity contribution in [1.29, 1.82) is 0 Å². The van der Waals surface area contributed by atoms with Crippen molar-refractivity contribution in [3.8, 4) is 0 Å². The molecule has 0 radical (unpaired) electrons. The number of aromatic nitrogens is 3. The van der Waals surface area contributed by atoms with E-state index in [1.54, 1.807) is 0 Å². The van der Waals surface area contributed by atoms with Crippen LogP contribution in [0.5, 0.6) is 0 Å². The third kappa shape index (κ3) is 1.87. The van der Waals surface area contributed by atoms with Crippen molar-refractivity contribution in [3.05, 3.63) is 10.6 Å². The predicted molar refractivity (Wildman–Crippen MR) is 64.3 cm³/mol. The molecule has 1 aliphatic rings. The SMILES string of the molecule is CC1CCCC(C)N1n1c(CO)n[nH]c1=S. The number of piperidine rings is 1. The second-order valence-electron chi connectivity index (χ2n) is 4.42. The first-order valence-corrected chi connectivity index (χ1v) is 6.11. The van der Waals surface area contributed by atoms with Gasteiger partial charge in [0.25, 0.3) is 0 Å². The van der Waals surface area contributed by atoms with Gasteiger partial charge in [-0.2, -0.15) is 5.10 Å². The van der Waals surface area contributed by atoms with Crippen LogP contribution in [-0.2, 0) is 6.61 Å². The minimum absolute atomic E-state index is 0.0942. The van der Waals surface area contributed by atoms with E-state index in [0.29, 0.717) is 22.7 Å². The van der Waals surface area contributed by atoms with E-state index in [9.17, 15) is 5.11 Å². The highest BCUT2D eigenvalue weighted by atomic mass is 32.1. The largest absolute Gasteiger partial charge is 0.388 e. The minimum atomic E-state index is -0.0942. The van der Waals surface area contributed by atoms with E-state index >= 15 is 0 Å². The molecule has 0 bridgehead atoms. The summed E-state index contributed by atoms with van der Waals surface area (Å²) in [6, 6.07) is 0.858. The van der Waals surface area contributed by atoms with Crippen LogP contribution in [0.3, 0.4) is 0 Å². The Bertz CT molecular complexity index is 403. The molecule has 0 saturated carbocycles. The molecule has 2 heterocycles. The fourth-order valence-electron chi connectivity index (χ4n) is 2.47. The number of H-pyrrole nitrogens is 1. The summed E-state index contributed by atoms with van der Waals surface area (Å²) in [6.45, 7) is 4.28. The molecule has 6 heteroatoms. The molecule has 90 valence electrons. The zero-order chi connectivity index (χ0) is 11.7. The summed E-state index contributed by atoms with van der Waals surface area (Å²) < 4.78 is 2.41. The number of hydrogen-bond donors (Lipinski definition) is 2. The maximum absolute atomic E-state index is 9.26.